The highest BCUT2D eigenvalue weighted by Crippen LogP contribution is 2.17. The molecular weight excluding hydrogens is 390 g/mol. The number of phenolic OH excluding ortho intramolecular Hbond substituents is 1. The third-order valence-corrected chi connectivity index (χ3v) is 4.41. The number of benzene rings is 2. The van der Waals surface area contributed by atoms with Gasteiger partial charge in [0.15, 0.2) is 6.29 Å². The number of phenols is 1. The summed E-state index contributed by atoms with van der Waals surface area (Å²) in [6, 6.07) is 9.72. The molecule has 8 nitrogen and oxygen atoms in total. The number of rotatable bonds is 8. The lowest BCUT2D eigenvalue weighted by molar-refractivity contribution is -0.139. The first-order valence-electron chi connectivity index (χ1n) is 9.21. The molecule has 0 heterocycles. The number of hydrogen-bond donors (Lipinski definition) is 3. The second kappa shape index (κ2) is 12.1. The van der Waals surface area contributed by atoms with Gasteiger partial charge in [0.25, 0.3) is 0 Å². The number of carbonyl (C=O) groups excluding carboxylic acids is 3. The molecular formula is C22H25NO7. The van der Waals surface area contributed by atoms with Crippen LogP contribution in [-0.2, 0) is 16.1 Å². The minimum atomic E-state index is -0.913. The van der Waals surface area contributed by atoms with E-state index in [9.17, 15) is 24.3 Å². The second-order valence-electron chi connectivity index (χ2n) is 6.58. The highest BCUT2D eigenvalue weighted by molar-refractivity contribution is 5.90. The van der Waals surface area contributed by atoms with Gasteiger partial charge in [-0.3, -0.25) is 14.4 Å². The molecule has 0 radical (unpaired) electrons. The fourth-order valence-corrected chi connectivity index (χ4v) is 2.22. The van der Waals surface area contributed by atoms with E-state index in [4.69, 9.17) is 15.6 Å². The van der Waals surface area contributed by atoms with Crippen LogP contribution in [0.2, 0.25) is 0 Å². The number of hydrogen-bond acceptors (Lipinski definition) is 7. The van der Waals surface area contributed by atoms with Crippen LogP contribution in [0.3, 0.4) is 0 Å². The topological polar surface area (TPSA) is 144 Å². The highest BCUT2D eigenvalue weighted by Gasteiger charge is 2.17. The van der Waals surface area contributed by atoms with Crippen molar-refractivity contribution in [3.05, 3.63) is 64.7 Å². The standard InChI is InChI=1S/C16H12O5.C6H13NO2/c17-8-11-1-4-13(5-2-11)16(20)21-10-12-3-6-15(19)14(7-12)9-18;1-3-4(2)5(7)6(8)9/h1-9,19H,10H2;4-5H,3,7H2,1-2H3,(H,8,9)/t;4-,5-/m.0/s1. The number of aldehydes is 2. The van der Waals surface area contributed by atoms with Gasteiger partial charge in [0.05, 0.1) is 11.1 Å². The summed E-state index contributed by atoms with van der Waals surface area (Å²) in [6.45, 7) is 3.74. The highest BCUT2D eigenvalue weighted by atomic mass is 16.5. The lowest BCUT2D eigenvalue weighted by Gasteiger charge is -2.11. The number of esters is 1. The van der Waals surface area contributed by atoms with Crippen molar-refractivity contribution in [2.24, 2.45) is 11.7 Å². The molecule has 2 atom stereocenters. The summed E-state index contributed by atoms with van der Waals surface area (Å²) < 4.78 is 5.10. The maximum absolute atomic E-state index is 11.8. The van der Waals surface area contributed by atoms with Gasteiger partial charge in [0.2, 0.25) is 0 Å². The fraction of sp³-hybridized carbons (Fsp3) is 0.273. The minimum absolute atomic E-state index is 0.0185. The van der Waals surface area contributed by atoms with Crippen LogP contribution in [0.4, 0.5) is 0 Å². The van der Waals surface area contributed by atoms with Gasteiger partial charge in [0.1, 0.15) is 24.7 Å². The smallest absolute Gasteiger partial charge is 0.338 e. The molecule has 30 heavy (non-hydrogen) atoms. The Kier molecular flexibility index (Phi) is 9.91. The first-order chi connectivity index (χ1) is 14.2. The van der Waals surface area contributed by atoms with Crippen molar-refractivity contribution in [1.82, 2.24) is 0 Å². The van der Waals surface area contributed by atoms with Gasteiger partial charge in [0, 0.05) is 5.56 Å². The normalized spacial score (nSPS) is 12.0. The van der Waals surface area contributed by atoms with Gasteiger partial charge >= 0.3 is 11.9 Å². The Morgan fingerprint density at radius 3 is 2.20 bits per heavy atom. The molecule has 0 bridgehead atoms. The molecule has 0 unspecified atom stereocenters. The van der Waals surface area contributed by atoms with Crippen molar-refractivity contribution in [2.45, 2.75) is 32.9 Å². The molecule has 0 aliphatic heterocycles. The molecule has 0 aliphatic rings. The van der Waals surface area contributed by atoms with Crippen LogP contribution in [0.1, 0.15) is 56.9 Å². The van der Waals surface area contributed by atoms with Crippen LogP contribution in [0.5, 0.6) is 5.75 Å². The Labute approximate surface area is 174 Å². The quantitative estimate of drug-likeness (QED) is 0.441. The summed E-state index contributed by atoms with van der Waals surface area (Å²) in [6.07, 6.45) is 2.03. The first-order valence-corrected chi connectivity index (χ1v) is 9.21. The van der Waals surface area contributed by atoms with Crippen molar-refractivity contribution in [1.29, 1.82) is 0 Å². The molecule has 2 aromatic rings. The average molecular weight is 415 g/mol. The number of aliphatic carboxylic acids is 1. The zero-order chi connectivity index (χ0) is 22.7. The Morgan fingerprint density at radius 1 is 1.10 bits per heavy atom. The molecule has 8 heteroatoms. The third-order valence-electron chi connectivity index (χ3n) is 4.41. The molecule has 2 rings (SSSR count). The van der Waals surface area contributed by atoms with Crippen molar-refractivity contribution in [2.75, 3.05) is 0 Å². The van der Waals surface area contributed by atoms with Crippen molar-refractivity contribution < 1.29 is 34.1 Å². The summed E-state index contributed by atoms with van der Waals surface area (Å²) in [5, 5.41) is 17.7. The Bertz CT molecular complexity index is 878. The number of carbonyl (C=O) groups is 4. The van der Waals surface area contributed by atoms with E-state index in [1.807, 2.05) is 13.8 Å². The third kappa shape index (κ3) is 7.48. The average Bonchev–Trinajstić information content (AvgIpc) is 2.77. The number of carboxylic acids is 1. The zero-order valence-electron chi connectivity index (χ0n) is 16.8. The predicted octanol–water partition coefficient (Wildman–Crippen LogP) is 2.82. The van der Waals surface area contributed by atoms with E-state index in [0.717, 1.165) is 6.42 Å². The Balaban J connectivity index is 0.000000424. The van der Waals surface area contributed by atoms with Crippen molar-refractivity contribution >= 4 is 24.5 Å². The molecule has 2 aromatic carbocycles. The largest absolute Gasteiger partial charge is 0.507 e. The molecule has 0 aliphatic carbocycles. The second-order valence-corrected chi connectivity index (χ2v) is 6.58. The van der Waals surface area contributed by atoms with E-state index >= 15 is 0 Å². The maximum atomic E-state index is 11.8. The molecule has 0 saturated carbocycles. The van der Waals surface area contributed by atoms with Crippen LogP contribution in [-0.4, -0.2) is 40.8 Å². The van der Waals surface area contributed by atoms with Crippen LogP contribution >= 0.6 is 0 Å². The summed E-state index contributed by atoms with van der Waals surface area (Å²) >= 11 is 0. The minimum Gasteiger partial charge on any atom is -0.507 e. The first kappa shape index (κ1) is 24.5. The van der Waals surface area contributed by atoms with Crippen LogP contribution in [0.25, 0.3) is 0 Å². The number of carboxylic acid groups (broad SMARTS) is 1. The molecule has 0 spiro atoms. The lowest BCUT2D eigenvalue weighted by Crippen LogP contribution is -2.36. The molecule has 0 amide bonds. The number of aromatic hydroxyl groups is 1. The van der Waals surface area contributed by atoms with Gasteiger partial charge in [-0.15, -0.1) is 0 Å². The van der Waals surface area contributed by atoms with Gasteiger partial charge in [-0.05, 0) is 35.7 Å². The van der Waals surface area contributed by atoms with Crippen LogP contribution in [0, 0.1) is 5.92 Å². The van der Waals surface area contributed by atoms with E-state index < -0.39 is 18.0 Å². The molecule has 4 N–H and O–H groups in total. The summed E-state index contributed by atoms with van der Waals surface area (Å²) in [5.74, 6) is -1.50. The summed E-state index contributed by atoms with van der Waals surface area (Å²) in [4.78, 5) is 43.2. The SMILES string of the molecule is CC[C@H](C)[C@H](N)C(=O)O.O=Cc1ccc(C(=O)OCc2ccc(O)c(C=O)c2)cc1. The number of ether oxygens (including phenoxy) is 1. The summed E-state index contributed by atoms with van der Waals surface area (Å²) in [7, 11) is 0. The summed E-state index contributed by atoms with van der Waals surface area (Å²) in [5.41, 5.74) is 6.80. The molecule has 0 saturated heterocycles. The van der Waals surface area contributed by atoms with Gasteiger partial charge in [-0.2, -0.15) is 0 Å². The predicted molar refractivity (Wildman–Crippen MR) is 110 cm³/mol. The van der Waals surface area contributed by atoms with Crippen molar-refractivity contribution in [3.8, 4) is 5.75 Å². The van der Waals surface area contributed by atoms with E-state index in [1.54, 1.807) is 6.07 Å². The van der Waals surface area contributed by atoms with E-state index in [2.05, 4.69) is 0 Å². The maximum Gasteiger partial charge on any atom is 0.338 e. The molecule has 0 fully saturated rings. The molecule has 160 valence electrons. The van der Waals surface area contributed by atoms with Crippen LogP contribution in [0.15, 0.2) is 42.5 Å². The van der Waals surface area contributed by atoms with Gasteiger partial charge in [-0.25, -0.2) is 4.79 Å². The zero-order valence-corrected chi connectivity index (χ0v) is 16.8. The van der Waals surface area contributed by atoms with E-state index in [1.165, 1.54) is 36.4 Å². The number of nitrogens with two attached hydrogens (primary N) is 1. The van der Waals surface area contributed by atoms with E-state index in [0.29, 0.717) is 29.3 Å². The monoisotopic (exact) mass is 415 g/mol. The molecule has 0 aromatic heterocycles. The fourth-order valence-electron chi connectivity index (χ4n) is 2.22. The van der Waals surface area contributed by atoms with Crippen molar-refractivity contribution in [3.63, 3.8) is 0 Å². The van der Waals surface area contributed by atoms with E-state index in [-0.39, 0.29) is 23.8 Å². The van der Waals surface area contributed by atoms with Crippen LogP contribution < -0.4 is 5.73 Å². The van der Waals surface area contributed by atoms with Gasteiger partial charge in [-0.1, -0.05) is 38.5 Å². The lowest BCUT2D eigenvalue weighted by atomic mass is 10.0. The Morgan fingerprint density at radius 2 is 1.73 bits per heavy atom. The van der Waals surface area contributed by atoms with Gasteiger partial charge < -0.3 is 20.7 Å². The Hall–Kier alpha value is -3.52.